The summed E-state index contributed by atoms with van der Waals surface area (Å²) >= 11 is 0. The van der Waals surface area contributed by atoms with E-state index in [9.17, 15) is 9.18 Å². The van der Waals surface area contributed by atoms with Crippen molar-refractivity contribution in [3.05, 3.63) is 73.3 Å². The second-order valence-electron chi connectivity index (χ2n) is 7.78. The molecular weight excluding hydrogens is 469 g/mol. The highest BCUT2D eigenvalue weighted by molar-refractivity contribution is 5.86. The van der Waals surface area contributed by atoms with Crippen LogP contribution in [0.5, 0.6) is 17.4 Å². The van der Waals surface area contributed by atoms with E-state index < -0.39 is 11.9 Å². The molecule has 0 aliphatic carbocycles. The normalized spacial score (nSPS) is 11.0. The molecule has 5 aromatic rings. The number of nitrogens with one attached hydrogen (secondary N) is 1. The van der Waals surface area contributed by atoms with Gasteiger partial charge in [-0.3, -0.25) is 10.00 Å². The van der Waals surface area contributed by atoms with E-state index in [1.165, 1.54) is 24.4 Å². The third kappa shape index (κ3) is 4.71. The molecule has 1 amide bonds. The van der Waals surface area contributed by atoms with E-state index in [4.69, 9.17) is 18.6 Å². The lowest BCUT2D eigenvalue weighted by molar-refractivity contribution is 0.213. The Morgan fingerprint density at radius 1 is 1.11 bits per heavy atom. The van der Waals surface area contributed by atoms with Gasteiger partial charge in [0.25, 0.3) is 5.88 Å². The van der Waals surface area contributed by atoms with Gasteiger partial charge in [-0.1, -0.05) is 12.1 Å². The first-order valence-corrected chi connectivity index (χ1v) is 11.0. The highest BCUT2D eigenvalue weighted by Gasteiger charge is 2.17. The van der Waals surface area contributed by atoms with Crippen LogP contribution < -0.4 is 19.5 Å². The summed E-state index contributed by atoms with van der Waals surface area (Å²) in [7, 11) is 3.21. The summed E-state index contributed by atoms with van der Waals surface area (Å²) in [5.74, 6) is 0.955. The molecule has 0 fully saturated rings. The molecule has 2 aromatic carbocycles. The number of halogens is 1. The van der Waals surface area contributed by atoms with Crippen molar-refractivity contribution in [3.8, 4) is 28.7 Å². The first-order valence-electron chi connectivity index (χ1n) is 11.0. The van der Waals surface area contributed by atoms with Crippen LogP contribution in [0, 0.1) is 5.82 Å². The van der Waals surface area contributed by atoms with Gasteiger partial charge in [-0.25, -0.2) is 9.18 Å². The fraction of sp³-hybridized carbons (Fsp3) is 0.160. The molecule has 10 nitrogen and oxygen atoms in total. The second kappa shape index (κ2) is 9.82. The summed E-state index contributed by atoms with van der Waals surface area (Å²) in [5.41, 5.74) is 1.85. The average molecular weight is 491 g/mol. The largest absolute Gasteiger partial charge is 0.493 e. The summed E-state index contributed by atoms with van der Waals surface area (Å²) in [5, 5.41) is 7.93. The van der Waals surface area contributed by atoms with Gasteiger partial charge < -0.3 is 23.2 Å². The molecule has 0 bridgehead atoms. The smallest absolute Gasteiger partial charge is 0.418 e. The van der Waals surface area contributed by atoms with Gasteiger partial charge in [0.2, 0.25) is 0 Å². The van der Waals surface area contributed by atoms with E-state index in [2.05, 4.69) is 20.0 Å². The monoisotopic (exact) mass is 491 g/mol. The molecule has 0 saturated carbocycles. The van der Waals surface area contributed by atoms with Crippen molar-refractivity contribution in [2.45, 2.75) is 13.1 Å². The summed E-state index contributed by atoms with van der Waals surface area (Å²) in [4.78, 5) is 16.3. The van der Waals surface area contributed by atoms with Crippen molar-refractivity contribution < 1.29 is 27.8 Å². The Morgan fingerprint density at radius 2 is 1.94 bits per heavy atom. The van der Waals surface area contributed by atoms with Crippen LogP contribution in [0.1, 0.15) is 0 Å². The van der Waals surface area contributed by atoms with Gasteiger partial charge >= 0.3 is 6.09 Å². The minimum absolute atomic E-state index is 0.0722. The number of methoxy groups -OCH3 is 2. The van der Waals surface area contributed by atoms with Crippen molar-refractivity contribution in [1.29, 1.82) is 0 Å². The zero-order valence-electron chi connectivity index (χ0n) is 19.5. The van der Waals surface area contributed by atoms with Gasteiger partial charge in [-0.15, -0.1) is 0 Å². The van der Waals surface area contributed by atoms with Crippen molar-refractivity contribution in [2.75, 3.05) is 19.5 Å². The fourth-order valence-electron chi connectivity index (χ4n) is 3.83. The van der Waals surface area contributed by atoms with Gasteiger partial charge in [0.15, 0.2) is 23.7 Å². The molecule has 184 valence electrons. The minimum atomic E-state index is -0.779. The van der Waals surface area contributed by atoms with Crippen LogP contribution in [0.4, 0.5) is 14.9 Å². The predicted octanol–water partition coefficient (Wildman–Crippen LogP) is 4.96. The molecule has 0 unspecified atom stereocenters. The van der Waals surface area contributed by atoms with Crippen molar-refractivity contribution in [1.82, 2.24) is 19.3 Å². The first kappa shape index (κ1) is 23.0. The summed E-state index contributed by atoms with van der Waals surface area (Å²) in [6.07, 6.45) is 5.53. The molecule has 36 heavy (non-hydrogen) atoms. The molecule has 0 atom stereocenters. The van der Waals surface area contributed by atoms with Gasteiger partial charge in [0, 0.05) is 36.0 Å². The number of ether oxygens (including phenoxy) is 3. The molecule has 0 saturated heterocycles. The van der Waals surface area contributed by atoms with E-state index in [0.29, 0.717) is 35.8 Å². The van der Waals surface area contributed by atoms with Gasteiger partial charge in [-0.2, -0.15) is 10.1 Å². The Balaban J connectivity index is 1.22. The van der Waals surface area contributed by atoms with E-state index in [-0.39, 0.29) is 11.6 Å². The lowest BCUT2D eigenvalue weighted by Crippen LogP contribution is -2.17. The molecule has 5 rings (SSSR count). The average Bonchev–Trinajstić information content (AvgIpc) is 3.62. The van der Waals surface area contributed by atoms with Crippen molar-refractivity contribution >= 4 is 22.7 Å². The van der Waals surface area contributed by atoms with Crippen LogP contribution in [0.25, 0.3) is 22.2 Å². The quantitative estimate of drug-likeness (QED) is 0.327. The minimum Gasteiger partial charge on any atom is -0.493 e. The summed E-state index contributed by atoms with van der Waals surface area (Å²) in [6, 6.07) is 11.6. The van der Waals surface area contributed by atoms with Crippen LogP contribution in [0.2, 0.25) is 0 Å². The molecule has 11 heteroatoms. The molecule has 0 aliphatic heterocycles. The van der Waals surface area contributed by atoms with Crippen molar-refractivity contribution in [3.63, 3.8) is 0 Å². The Hall–Kier alpha value is -4.80. The number of rotatable bonds is 8. The number of fused-ring (bicyclic) bond motifs is 1. The number of anilines is 1. The Kier molecular flexibility index (Phi) is 6.27. The van der Waals surface area contributed by atoms with E-state index in [0.717, 1.165) is 17.3 Å². The third-order valence-electron chi connectivity index (χ3n) is 5.54. The van der Waals surface area contributed by atoms with Crippen LogP contribution in [-0.4, -0.2) is 39.6 Å². The highest BCUT2D eigenvalue weighted by Crippen LogP contribution is 2.33. The number of nitrogens with zero attached hydrogens (tertiary/aromatic N) is 4. The maximum Gasteiger partial charge on any atom is 0.418 e. The maximum atomic E-state index is 13.5. The van der Waals surface area contributed by atoms with Crippen LogP contribution in [-0.2, 0) is 13.1 Å². The molecule has 0 aliphatic rings. The number of carbonyl (C=O) groups excluding carboxylic acids is 1. The van der Waals surface area contributed by atoms with Crippen LogP contribution in [0.3, 0.4) is 0 Å². The molecule has 0 radical (unpaired) electrons. The Labute approximate surface area is 204 Å². The van der Waals surface area contributed by atoms with Crippen molar-refractivity contribution in [2.24, 2.45) is 0 Å². The van der Waals surface area contributed by atoms with Crippen LogP contribution >= 0.6 is 0 Å². The van der Waals surface area contributed by atoms with E-state index in [1.807, 2.05) is 24.4 Å². The lowest BCUT2D eigenvalue weighted by atomic mass is 10.2. The Morgan fingerprint density at radius 3 is 2.75 bits per heavy atom. The summed E-state index contributed by atoms with van der Waals surface area (Å²) in [6.45, 7) is 1.20. The second-order valence-corrected chi connectivity index (χ2v) is 7.78. The number of hydrogen-bond acceptors (Lipinski definition) is 7. The predicted molar refractivity (Wildman–Crippen MR) is 129 cm³/mol. The molecule has 3 aromatic heterocycles. The third-order valence-corrected chi connectivity index (χ3v) is 5.54. The SMILES string of the molecule is COc1cc2ccn(CCn3cc(NC(=O)Oc4ncoc4-c4cccc(F)c4)cn3)c2cc1OC. The number of amides is 1. The highest BCUT2D eigenvalue weighted by atomic mass is 19.1. The van der Waals surface area contributed by atoms with Gasteiger partial charge in [-0.05, 0) is 24.3 Å². The molecule has 3 heterocycles. The van der Waals surface area contributed by atoms with E-state index in [1.54, 1.807) is 31.2 Å². The first-order chi connectivity index (χ1) is 17.5. The van der Waals surface area contributed by atoms with E-state index >= 15 is 0 Å². The Bertz CT molecular complexity index is 1520. The summed E-state index contributed by atoms with van der Waals surface area (Å²) < 4.78 is 38.6. The lowest BCUT2D eigenvalue weighted by Gasteiger charge is -2.10. The number of carbonyl (C=O) groups is 1. The zero-order chi connectivity index (χ0) is 25.1. The number of aromatic nitrogens is 4. The van der Waals surface area contributed by atoms with Gasteiger partial charge in [0.05, 0.1) is 38.2 Å². The van der Waals surface area contributed by atoms with Crippen LogP contribution in [0.15, 0.2) is 71.9 Å². The number of aryl methyl sites for hydroxylation is 2. The molecule has 0 spiro atoms. The number of benzene rings is 2. The molecular formula is C25H22FN5O5. The maximum absolute atomic E-state index is 13.5. The van der Waals surface area contributed by atoms with Gasteiger partial charge in [0.1, 0.15) is 5.82 Å². The fourth-order valence-corrected chi connectivity index (χ4v) is 3.83. The topological polar surface area (TPSA) is 106 Å². The number of oxazole rings is 1. The zero-order valence-corrected chi connectivity index (χ0v) is 19.5. The number of hydrogen-bond donors (Lipinski definition) is 1. The standard InChI is InChI=1S/C25H22FN5O5/c1-33-21-11-16-6-7-30(20(16)12-22(21)34-2)8-9-31-14-19(13-28-31)29-25(32)36-24-23(35-15-27-24)17-4-3-5-18(26)10-17/h3-7,10-15H,8-9H2,1-2H3,(H,29,32). The molecule has 1 N–H and O–H groups in total.